The first-order chi connectivity index (χ1) is 11.1. The number of aryl methyl sites for hydroxylation is 1. The zero-order chi connectivity index (χ0) is 16.7. The van der Waals surface area contributed by atoms with Crippen LogP contribution in [0.3, 0.4) is 0 Å². The van der Waals surface area contributed by atoms with Crippen molar-refractivity contribution in [3.63, 3.8) is 0 Å². The molecule has 0 saturated carbocycles. The number of halogens is 2. The van der Waals surface area contributed by atoms with Gasteiger partial charge in [0.2, 0.25) is 5.91 Å². The average Bonchev–Trinajstić information content (AvgIpc) is 2.94. The fourth-order valence-electron chi connectivity index (χ4n) is 2.03. The van der Waals surface area contributed by atoms with Gasteiger partial charge in [0.05, 0.1) is 13.2 Å². The Labute approximate surface area is 157 Å². The van der Waals surface area contributed by atoms with Crippen molar-refractivity contribution in [1.82, 2.24) is 10.3 Å². The Bertz CT molecular complexity index is 665. The predicted molar refractivity (Wildman–Crippen MR) is 102 cm³/mol. The Morgan fingerprint density at radius 2 is 2.21 bits per heavy atom. The van der Waals surface area contributed by atoms with Crippen molar-refractivity contribution >= 4 is 46.4 Å². The van der Waals surface area contributed by atoms with E-state index in [4.69, 9.17) is 16.3 Å². The van der Waals surface area contributed by atoms with E-state index < -0.39 is 0 Å². The minimum Gasteiger partial charge on any atom is -0.383 e. The number of anilines is 1. The van der Waals surface area contributed by atoms with E-state index in [9.17, 15) is 4.79 Å². The monoisotopic (exact) mass is 389 g/mol. The minimum absolute atomic E-state index is 0. The van der Waals surface area contributed by atoms with E-state index >= 15 is 0 Å². The number of methoxy groups -OCH3 is 1. The molecule has 1 aromatic heterocycles. The molecule has 0 saturated heterocycles. The first-order valence-corrected chi connectivity index (χ1v) is 8.47. The number of ether oxygens (including phenoxy) is 1. The summed E-state index contributed by atoms with van der Waals surface area (Å²) in [4.78, 5) is 17.1. The van der Waals surface area contributed by atoms with E-state index in [1.807, 2.05) is 25.1 Å². The van der Waals surface area contributed by atoms with Crippen molar-refractivity contribution in [3.8, 4) is 0 Å². The summed E-state index contributed by atoms with van der Waals surface area (Å²) in [5.74, 6) is -0.107. The molecule has 1 aromatic carbocycles. The lowest BCUT2D eigenvalue weighted by Gasteiger charge is -2.04. The SMILES string of the molecule is COCCNCC(=O)Nc1ncc(Cc2ccc(Cl)cc2C)s1.Cl. The van der Waals surface area contributed by atoms with Gasteiger partial charge >= 0.3 is 0 Å². The van der Waals surface area contributed by atoms with Gasteiger partial charge < -0.3 is 15.4 Å². The van der Waals surface area contributed by atoms with Crippen molar-refractivity contribution in [2.24, 2.45) is 0 Å². The van der Waals surface area contributed by atoms with Gasteiger partial charge in [-0.25, -0.2) is 4.98 Å². The molecule has 1 amide bonds. The number of benzene rings is 1. The molecule has 0 spiro atoms. The highest BCUT2D eigenvalue weighted by Crippen LogP contribution is 2.23. The molecule has 0 fully saturated rings. The normalized spacial score (nSPS) is 10.3. The molecule has 0 aliphatic rings. The molecule has 2 aromatic rings. The number of amides is 1. The number of nitrogens with one attached hydrogen (secondary N) is 2. The van der Waals surface area contributed by atoms with Gasteiger partial charge in [-0.05, 0) is 30.2 Å². The van der Waals surface area contributed by atoms with Crippen LogP contribution in [-0.4, -0.2) is 37.7 Å². The summed E-state index contributed by atoms with van der Waals surface area (Å²) in [5, 5.41) is 7.14. The van der Waals surface area contributed by atoms with Gasteiger partial charge in [-0.2, -0.15) is 0 Å². The lowest BCUT2D eigenvalue weighted by Crippen LogP contribution is -2.30. The maximum absolute atomic E-state index is 11.8. The zero-order valence-corrected chi connectivity index (χ0v) is 16.0. The van der Waals surface area contributed by atoms with Gasteiger partial charge in [-0.15, -0.1) is 23.7 Å². The quantitative estimate of drug-likeness (QED) is 0.679. The van der Waals surface area contributed by atoms with Gasteiger partial charge in [0, 0.05) is 36.2 Å². The lowest BCUT2D eigenvalue weighted by molar-refractivity contribution is -0.115. The second-order valence-corrected chi connectivity index (χ2v) is 6.65. The van der Waals surface area contributed by atoms with Crippen LogP contribution in [0.4, 0.5) is 5.13 Å². The summed E-state index contributed by atoms with van der Waals surface area (Å²) in [5.41, 5.74) is 2.36. The average molecular weight is 390 g/mol. The summed E-state index contributed by atoms with van der Waals surface area (Å²) in [7, 11) is 1.63. The van der Waals surface area contributed by atoms with E-state index in [-0.39, 0.29) is 24.9 Å². The van der Waals surface area contributed by atoms with Crippen molar-refractivity contribution in [2.45, 2.75) is 13.3 Å². The molecular formula is C16H21Cl2N3O2S. The van der Waals surface area contributed by atoms with Crippen LogP contribution in [0.25, 0.3) is 0 Å². The van der Waals surface area contributed by atoms with Crippen LogP contribution in [0, 0.1) is 6.92 Å². The fraction of sp³-hybridized carbons (Fsp3) is 0.375. The number of nitrogens with zero attached hydrogens (tertiary/aromatic N) is 1. The Hall–Kier alpha value is -1.18. The largest absolute Gasteiger partial charge is 0.383 e. The third-order valence-corrected chi connectivity index (χ3v) is 4.39. The number of hydrogen-bond acceptors (Lipinski definition) is 5. The van der Waals surface area contributed by atoms with E-state index in [1.54, 1.807) is 13.3 Å². The molecule has 132 valence electrons. The molecule has 0 radical (unpaired) electrons. The van der Waals surface area contributed by atoms with Crippen molar-refractivity contribution in [1.29, 1.82) is 0 Å². The molecule has 0 aliphatic carbocycles. The highest BCUT2D eigenvalue weighted by atomic mass is 35.5. The van der Waals surface area contributed by atoms with Gasteiger partial charge in [0.1, 0.15) is 0 Å². The number of rotatable bonds is 8. The summed E-state index contributed by atoms with van der Waals surface area (Å²) < 4.78 is 4.91. The summed E-state index contributed by atoms with van der Waals surface area (Å²) in [6.45, 7) is 3.50. The smallest absolute Gasteiger partial charge is 0.240 e. The highest BCUT2D eigenvalue weighted by molar-refractivity contribution is 7.15. The van der Waals surface area contributed by atoms with Crippen LogP contribution in [0.1, 0.15) is 16.0 Å². The maximum atomic E-state index is 11.8. The number of hydrogen-bond donors (Lipinski definition) is 2. The lowest BCUT2D eigenvalue weighted by atomic mass is 10.1. The first kappa shape index (κ1) is 20.9. The topological polar surface area (TPSA) is 63.2 Å². The summed E-state index contributed by atoms with van der Waals surface area (Å²) in [6.07, 6.45) is 2.58. The highest BCUT2D eigenvalue weighted by Gasteiger charge is 2.08. The van der Waals surface area contributed by atoms with Gasteiger partial charge in [0.25, 0.3) is 0 Å². The van der Waals surface area contributed by atoms with Gasteiger partial charge in [-0.1, -0.05) is 17.7 Å². The van der Waals surface area contributed by atoms with Crippen molar-refractivity contribution in [2.75, 3.05) is 32.1 Å². The van der Waals surface area contributed by atoms with Crippen molar-refractivity contribution < 1.29 is 9.53 Å². The molecule has 2 rings (SSSR count). The molecular weight excluding hydrogens is 369 g/mol. The second-order valence-electron chi connectivity index (χ2n) is 5.10. The van der Waals surface area contributed by atoms with Crippen LogP contribution in [0.15, 0.2) is 24.4 Å². The van der Waals surface area contributed by atoms with Gasteiger partial charge in [-0.3, -0.25) is 4.79 Å². The van der Waals surface area contributed by atoms with Crippen molar-refractivity contribution in [3.05, 3.63) is 45.4 Å². The number of carbonyl (C=O) groups is 1. The molecule has 24 heavy (non-hydrogen) atoms. The molecule has 0 bridgehead atoms. The molecule has 0 unspecified atom stereocenters. The Morgan fingerprint density at radius 3 is 2.92 bits per heavy atom. The molecule has 2 N–H and O–H groups in total. The predicted octanol–water partition coefficient (Wildman–Crippen LogP) is 3.29. The van der Waals surface area contributed by atoms with Crippen LogP contribution in [0.2, 0.25) is 5.02 Å². The van der Waals surface area contributed by atoms with E-state index in [0.29, 0.717) is 18.3 Å². The number of thiazole rings is 1. The number of aromatic nitrogens is 1. The Morgan fingerprint density at radius 1 is 1.42 bits per heavy atom. The minimum atomic E-state index is -0.107. The van der Waals surface area contributed by atoms with Crippen LogP contribution >= 0.6 is 35.3 Å². The molecule has 5 nitrogen and oxygen atoms in total. The third kappa shape index (κ3) is 6.75. The van der Waals surface area contributed by atoms with Gasteiger partial charge in [0.15, 0.2) is 5.13 Å². The van der Waals surface area contributed by atoms with E-state index in [0.717, 1.165) is 21.9 Å². The number of carbonyl (C=O) groups excluding carboxylic acids is 1. The Balaban J connectivity index is 0.00000288. The fourth-order valence-corrected chi connectivity index (χ4v) is 3.11. The first-order valence-electron chi connectivity index (χ1n) is 7.27. The maximum Gasteiger partial charge on any atom is 0.240 e. The molecule has 0 atom stereocenters. The second kappa shape index (κ2) is 10.6. The molecule has 8 heteroatoms. The summed E-state index contributed by atoms with van der Waals surface area (Å²) in [6, 6.07) is 5.86. The third-order valence-electron chi connectivity index (χ3n) is 3.24. The standard InChI is InChI=1S/C16H20ClN3O2S.ClH/c1-11-7-13(17)4-3-12(11)8-14-9-19-16(23-14)20-15(21)10-18-5-6-22-2;/h3-4,7,9,18H,5-6,8,10H2,1-2H3,(H,19,20,21);1H. The van der Waals surface area contributed by atoms with E-state index in [2.05, 4.69) is 15.6 Å². The zero-order valence-electron chi connectivity index (χ0n) is 13.6. The van der Waals surface area contributed by atoms with Crippen LogP contribution in [-0.2, 0) is 16.0 Å². The van der Waals surface area contributed by atoms with E-state index in [1.165, 1.54) is 16.9 Å². The Kier molecular flexibility index (Phi) is 9.25. The molecule has 0 aliphatic heterocycles. The molecule has 1 heterocycles. The summed E-state index contributed by atoms with van der Waals surface area (Å²) >= 11 is 7.46. The van der Waals surface area contributed by atoms with Crippen LogP contribution in [0.5, 0.6) is 0 Å². The van der Waals surface area contributed by atoms with Crippen LogP contribution < -0.4 is 10.6 Å².